The van der Waals surface area contributed by atoms with Crippen LogP contribution >= 0.6 is 0 Å². The van der Waals surface area contributed by atoms with E-state index < -0.39 is 5.97 Å². The molecule has 0 spiro atoms. The number of anilines is 1. The molecule has 0 amide bonds. The van der Waals surface area contributed by atoms with Crippen molar-refractivity contribution in [2.75, 3.05) is 11.9 Å². The molecule has 0 bridgehead atoms. The average molecular weight is 245 g/mol. The van der Waals surface area contributed by atoms with Crippen molar-refractivity contribution >= 4 is 11.9 Å². The molecule has 3 heterocycles. The lowest BCUT2D eigenvalue weighted by Gasteiger charge is -2.23. The molecule has 18 heavy (non-hydrogen) atoms. The number of carboxylic acid groups (broad SMARTS) is 1. The van der Waals surface area contributed by atoms with Crippen molar-refractivity contribution in [1.82, 2.24) is 19.7 Å². The van der Waals surface area contributed by atoms with E-state index in [4.69, 9.17) is 5.11 Å². The molecular weight excluding hydrogens is 234 g/mol. The summed E-state index contributed by atoms with van der Waals surface area (Å²) < 4.78 is 1.60. The minimum atomic E-state index is -1.11. The van der Waals surface area contributed by atoms with Crippen LogP contribution in [-0.4, -0.2) is 37.4 Å². The van der Waals surface area contributed by atoms with Gasteiger partial charge in [-0.1, -0.05) is 0 Å². The highest BCUT2D eigenvalue weighted by Crippen LogP contribution is 2.23. The predicted octanol–water partition coefficient (Wildman–Crippen LogP) is 0.581. The maximum Gasteiger partial charge on any atom is 0.375 e. The number of carbonyl (C=O) groups is 1. The third kappa shape index (κ3) is 1.79. The lowest BCUT2D eigenvalue weighted by molar-refractivity contribution is 0.0683. The van der Waals surface area contributed by atoms with Crippen LogP contribution in [0.4, 0.5) is 5.95 Å². The lowest BCUT2D eigenvalue weighted by Crippen LogP contribution is -2.26. The Balaban J connectivity index is 1.87. The first-order valence-electron chi connectivity index (χ1n) is 5.56. The van der Waals surface area contributed by atoms with Gasteiger partial charge in [-0.3, -0.25) is 4.98 Å². The standard InChI is InChI=1S/C11H11N5O2/c17-10(18)9-14-11-13-5-8(6-16(11)15-9)7-1-3-12-4-2-7/h1-4,8H,5-6H2,(H,17,18)(H,13,14,15). The topological polar surface area (TPSA) is 92.9 Å². The molecule has 1 unspecified atom stereocenters. The first-order chi connectivity index (χ1) is 8.74. The molecule has 0 saturated heterocycles. The highest BCUT2D eigenvalue weighted by molar-refractivity contribution is 5.83. The maximum atomic E-state index is 10.8. The molecule has 3 rings (SSSR count). The zero-order valence-electron chi connectivity index (χ0n) is 9.45. The number of aromatic nitrogens is 4. The fraction of sp³-hybridized carbons (Fsp3) is 0.273. The second-order valence-electron chi connectivity index (χ2n) is 4.10. The molecule has 2 aromatic heterocycles. The summed E-state index contributed by atoms with van der Waals surface area (Å²) in [5.74, 6) is -0.534. The molecule has 0 aliphatic carbocycles. The Labute approximate surface area is 102 Å². The minimum absolute atomic E-state index is 0.173. The minimum Gasteiger partial charge on any atom is -0.475 e. The number of pyridine rings is 1. The van der Waals surface area contributed by atoms with Gasteiger partial charge in [-0.05, 0) is 17.7 Å². The number of rotatable bonds is 2. The Morgan fingerprint density at radius 2 is 2.22 bits per heavy atom. The van der Waals surface area contributed by atoms with Crippen molar-refractivity contribution in [2.24, 2.45) is 0 Å². The van der Waals surface area contributed by atoms with Crippen LogP contribution < -0.4 is 5.32 Å². The molecule has 0 aromatic carbocycles. The maximum absolute atomic E-state index is 10.8. The molecule has 7 nitrogen and oxygen atoms in total. The van der Waals surface area contributed by atoms with E-state index in [-0.39, 0.29) is 11.7 Å². The van der Waals surface area contributed by atoms with Crippen molar-refractivity contribution in [2.45, 2.75) is 12.5 Å². The lowest BCUT2D eigenvalue weighted by atomic mass is 9.99. The first kappa shape index (κ1) is 10.7. The zero-order chi connectivity index (χ0) is 12.5. The summed E-state index contributed by atoms with van der Waals surface area (Å²) in [6.07, 6.45) is 3.49. The van der Waals surface area contributed by atoms with Crippen LogP contribution in [0.2, 0.25) is 0 Å². The van der Waals surface area contributed by atoms with Crippen molar-refractivity contribution in [3.05, 3.63) is 35.9 Å². The number of nitrogens with one attached hydrogen (secondary N) is 1. The molecule has 2 aromatic rings. The third-order valence-electron chi connectivity index (χ3n) is 2.94. The molecule has 92 valence electrons. The van der Waals surface area contributed by atoms with Gasteiger partial charge in [0.25, 0.3) is 5.82 Å². The monoisotopic (exact) mass is 245 g/mol. The molecule has 0 saturated carbocycles. The highest BCUT2D eigenvalue weighted by atomic mass is 16.4. The number of aromatic carboxylic acids is 1. The quantitative estimate of drug-likeness (QED) is 0.804. The van der Waals surface area contributed by atoms with E-state index in [9.17, 15) is 4.79 Å². The van der Waals surface area contributed by atoms with Gasteiger partial charge in [0.1, 0.15) is 0 Å². The molecule has 2 N–H and O–H groups in total. The molecule has 7 heteroatoms. The SMILES string of the molecule is O=C(O)c1nc2n(n1)CC(c1ccncc1)CN2. The van der Waals surface area contributed by atoms with Crippen LogP contribution in [-0.2, 0) is 6.54 Å². The normalized spacial score (nSPS) is 17.9. The first-order valence-corrected chi connectivity index (χ1v) is 5.56. The molecule has 1 aliphatic rings. The third-order valence-corrected chi connectivity index (χ3v) is 2.94. The van der Waals surface area contributed by atoms with Crippen LogP contribution in [0.5, 0.6) is 0 Å². The summed E-state index contributed by atoms with van der Waals surface area (Å²) >= 11 is 0. The summed E-state index contributed by atoms with van der Waals surface area (Å²) in [6.45, 7) is 1.33. The highest BCUT2D eigenvalue weighted by Gasteiger charge is 2.24. The number of carboxylic acids is 1. The largest absolute Gasteiger partial charge is 0.475 e. The van der Waals surface area contributed by atoms with E-state index in [1.807, 2.05) is 12.1 Å². The fourth-order valence-electron chi connectivity index (χ4n) is 2.04. The van der Waals surface area contributed by atoms with Crippen molar-refractivity contribution in [3.63, 3.8) is 0 Å². The Morgan fingerprint density at radius 3 is 2.94 bits per heavy atom. The van der Waals surface area contributed by atoms with Gasteiger partial charge in [0.15, 0.2) is 0 Å². The summed E-state index contributed by atoms with van der Waals surface area (Å²) in [4.78, 5) is 18.7. The molecule has 1 atom stereocenters. The van der Waals surface area contributed by atoms with Gasteiger partial charge in [-0.15, -0.1) is 5.10 Å². The van der Waals surface area contributed by atoms with E-state index in [0.29, 0.717) is 19.0 Å². The molecular formula is C11H11N5O2. The zero-order valence-corrected chi connectivity index (χ0v) is 9.45. The number of hydrogen-bond donors (Lipinski definition) is 2. The van der Waals surface area contributed by atoms with Crippen molar-refractivity contribution < 1.29 is 9.90 Å². The Hall–Kier alpha value is -2.44. The van der Waals surface area contributed by atoms with Crippen LogP contribution in [0.15, 0.2) is 24.5 Å². The molecule has 0 fully saturated rings. The van der Waals surface area contributed by atoms with Gasteiger partial charge in [-0.25, -0.2) is 9.48 Å². The molecule has 0 radical (unpaired) electrons. The van der Waals surface area contributed by atoms with Crippen LogP contribution in [0, 0.1) is 0 Å². The summed E-state index contributed by atoms with van der Waals surface area (Å²) in [6, 6.07) is 3.90. The van der Waals surface area contributed by atoms with Gasteiger partial charge in [0.05, 0.1) is 6.54 Å². The average Bonchev–Trinajstić information content (AvgIpc) is 2.82. The van der Waals surface area contributed by atoms with Gasteiger partial charge < -0.3 is 10.4 Å². The fourth-order valence-corrected chi connectivity index (χ4v) is 2.04. The predicted molar refractivity (Wildman–Crippen MR) is 62.4 cm³/mol. The van der Waals surface area contributed by atoms with E-state index in [0.717, 1.165) is 5.56 Å². The summed E-state index contributed by atoms with van der Waals surface area (Å²) in [7, 11) is 0. The van der Waals surface area contributed by atoms with E-state index >= 15 is 0 Å². The number of fused-ring (bicyclic) bond motifs is 1. The second kappa shape index (κ2) is 4.10. The van der Waals surface area contributed by atoms with E-state index in [2.05, 4.69) is 20.4 Å². The van der Waals surface area contributed by atoms with E-state index in [1.54, 1.807) is 17.1 Å². The van der Waals surface area contributed by atoms with Crippen LogP contribution in [0.1, 0.15) is 22.1 Å². The van der Waals surface area contributed by atoms with Crippen LogP contribution in [0.3, 0.4) is 0 Å². The van der Waals surface area contributed by atoms with Gasteiger partial charge in [-0.2, -0.15) is 4.98 Å². The van der Waals surface area contributed by atoms with Gasteiger partial charge in [0.2, 0.25) is 5.95 Å². The Morgan fingerprint density at radius 1 is 1.44 bits per heavy atom. The second-order valence-corrected chi connectivity index (χ2v) is 4.10. The van der Waals surface area contributed by atoms with E-state index in [1.165, 1.54) is 0 Å². The van der Waals surface area contributed by atoms with Crippen LogP contribution in [0.25, 0.3) is 0 Å². The Kier molecular flexibility index (Phi) is 2.44. The number of hydrogen-bond acceptors (Lipinski definition) is 5. The van der Waals surface area contributed by atoms with Crippen molar-refractivity contribution in [3.8, 4) is 0 Å². The molecule has 1 aliphatic heterocycles. The van der Waals surface area contributed by atoms with Gasteiger partial charge >= 0.3 is 5.97 Å². The Bertz CT molecular complexity index is 580. The van der Waals surface area contributed by atoms with Crippen molar-refractivity contribution in [1.29, 1.82) is 0 Å². The smallest absolute Gasteiger partial charge is 0.375 e. The summed E-state index contributed by atoms with van der Waals surface area (Å²) in [5.41, 5.74) is 1.15. The summed E-state index contributed by atoms with van der Waals surface area (Å²) in [5, 5.41) is 15.9. The number of nitrogens with zero attached hydrogens (tertiary/aromatic N) is 4. The van der Waals surface area contributed by atoms with Gasteiger partial charge in [0, 0.05) is 24.9 Å².